The molecule has 6 aliphatic carbocycles. The molecule has 1 spiro atoms. The summed E-state index contributed by atoms with van der Waals surface area (Å²) in [6.07, 6.45) is 24.0. The van der Waals surface area contributed by atoms with Gasteiger partial charge in [0.2, 0.25) is 0 Å². The Kier molecular flexibility index (Phi) is 6.99. The Labute approximate surface area is 317 Å². The van der Waals surface area contributed by atoms with Gasteiger partial charge in [-0.15, -0.1) is 0 Å². The summed E-state index contributed by atoms with van der Waals surface area (Å²) in [5.41, 5.74) is 14.0. The van der Waals surface area contributed by atoms with E-state index in [1.165, 1.54) is 50.3 Å². The highest BCUT2D eigenvalue weighted by Gasteiger charge is 2.61. The molecule has 0 bridgehead atoms. The van der Waals surface area contributed by atoms with E-state index in [2.05, 4.69) is 144 Å². The van der Waals surface area contributed by atoms with Crippen LogP contribution in [0.25, 0.3) is 21.9 Å². The van der Waals surface area contributed by atoms with E-state index in [4.69, 9.17) is 0 Å². The van der Waals surface area contributed by atoms with E-state index in [9.17, 15) is 10.2 Å². The Balaban J connectivity index is 1.17. The van der Waals surface area contributed by atoms with Gasteiger partial charge < -0.3 is 20.0 Å². The average Bonchev–Trinajstić information content (AvgIpc) is 3.94. The first-order valence-electron chi connectivity index (χ1n) is 19.8. The Morgan fingerprint density at radius 2 is 1.48 bits per heavy atom. The Hall–Kier alpha value is -5.74. The molecule has 11 rings (SSSR count). The molecule has 0 aromatic heterocycles. The SMILES string of the molecule is CC1CC(O)=C(C2=C(N3c4ccccc4N(c4ccc5ccccc5c4C4=C(O)C=CC5=CC=CCC54)C34CC4)CCC3CC=CC=C23)c2ccccc21. The molecule has 4 aromatic rings. The average molecular weight is 705 g/mol. The first-order valence-corrected chi connectivity index (χ1v) is 19.8. The predicted octanol–water partition coefficient (Wildman–Crippen LogP) is 12.7. The van der Waals surface area contributed by atoms with E-state index < -0.39 is 0 Å². The smallest absolute Gasteiger partial charge is 0.122 e. The number of allylic oxidation sites excluding steroid dienone is 15. The molecule has 0 amide bonds. The van der Waals surface area contributed by atoms with Crippen LogP contribution in [0.2, 0.25) is 0 Å². The summed E-state index contributed by atoms with van der Waals surface area (Å²) in [7, 11) is 0. The molecule has 4 aromatic carbocycles. The van der Waals surface area contributed by atoms with Crippen molar-refractivity contribution in [3.05, 3.63) is 184 Å². The van der Waals surface area contributed by atoms with Crippen LogP contribution in [0.5, 0.6) is 0 Å². The number of rotatable bonds is 4. The lowest BCUT2D eigenvalue weighted by atomic mass is 9.70. The Morgan fingerprint density at radius 3 is 2.35 bits per heavy atom. The Morgan fingerprint density at radius 1 is 0.722 bits per heavy atom. The third-order valence-corrected chi connectivity index (χ3v) is 13.2. The van der Waals surface area contributed by atoms with E-state index >= 15 is 0 Å². The van der Waals surface area contributed by atoms with Crippen molar-refractivity contribution in [1.29, 1.82) is 0 Å². The second-order valence-electron chi connectivity index (χ2n) is 16.2. The zero-order valence-electron chi connectivity index (χ0n) is 30.7. The number of hydrogen-bond acceptors (Lipinski definition) is 4. The summed E-state index contributed by atoms with van der Waals surface area (Å²) in [6, 6.07) is 30.9. The summed E-state index contributed by atoms with van der Waals surface area (Å²) in [4.78, 5) is 5.32. The number of hydrogen-bond donors (Lipinski definition) is 2. The molecule has 54 heavy (non-hydrogen) atoms. The number of nitrogens with zero attached hydrogens (tertiary/aromatic N) is 2. The van der Waals surface area contributed by atoms with Gasteiger partial charge in [-0.3, -0.25) is 0 Å². The van der Waals surface area contributed by atoms with Crippen molar-refractivity contribution in [3.63, 3.8) is 0 Å². The van der Waals surface area contributed by atoms with Crippen molar-refractivity contribution in [2.45, 2.75) is 63.5 Å². The molecule has 1 aliphatic heterocycles. The second-order valence-corrected chi connectivity index (χ2v) is 16.2. The van der Waals surface area contributed by atoms with Gasteiger partial charge in [0.1, 0.15) is 17.2 Å². The maximum absolute atomic E-state index is 12.1. The minimum absolute atomic E-state index is 0.0771. The standard InChI is InChI=1S/C50H44N2O2/c1-31-30-45(54)49(39-19-9-8-15-35(31)39)47-37-17-6-3-13-33(37)23-26-43(47)52-41-21-11-10-20-40(41)51(50(52)28-29-50)42-25-22-32-12-2-5-16-36(32)46(42)48-38-18-7-4-14-34(38)24-27-44(48)53/h2-12,14-17,19-22,24-25,27,31,33,38,53-54H,13,18,23,26,28-30H2,1H3. The fourth-order valence-corrected chi connectivity index (χ4v) is 10.7. The van der Waals surface area contributed by atoms with Crippen molar-refractivity contribution in [3.8, 4) is 0 Å². The van der Waals surface area contributed by atoms with Gasteiger partial charge in [-0.05, 0) is 108 Å². The molecule has 1 saturated carbocycles. The lowest BCUT2D eigenvalue weighted by Crippen LogP contribution is -2.45. The zero-order valence-corrected chi connectivity index (χ0v) is 30.7. The number of fused-ring (bicyclic) bond motifs is 5. The highest BCUT2D eigenvalue weighted by Crippen LogP contribution is 2.65. The van der Waals surface area contributed by atoms with E-state index in [1.807, 2.05) is 6.08 Å². The molecule has 1 fully saturated rings. The number of benzene rings is 4. The van der Waals surface area contributed by atoms with E-state index in [1.54, 1.807) is 0 Å². The van der Waals surface area contributed by atoms with Gasteiger partial charge in [-0.25, -0.2) is 0 Å². The quantitative estimate of drug-likeness (QED) is 0.222. The van der Waals surface area contributed by atoms with Crippen LogP contribution in [-0.2, 0) is 0 Å². The monoisotopic (exact) mass is 704 g/mol. The van der Waals surface area contributed by atoms with Gasteiger partial charge in [-0.2, -0.15) is 0 Å². The van der Waals surface area contributed by atoms with Crippen LogP contribution in [0.4, 0.5) is 17.1 Å². The van der Waals surface area contributed by atoms with Crippen LogP contribution in [0, 0.1) is 11.8 Å². The molecule has 0 radical (unpaired) electrons. The van der Waals surface area contributed by atoms with Gasteiger partial charge in [-0.1, -0.05) is 116 Å². The molecule has 2 N–H and O–H groups in total. The fourth-order valence-electron chi connectivity index (χ4n) is 10.7. The molecule has 4 nitrogen and oxygen atoms in total. The second kappa shape index (κ2) is 11.9. The normalized spacial score (nSPS) is 24.8. The topological polar surface area (TPSA) is 46.9 Å². The van der Waals surface area contributed by atoms with Crippen LogP contribution in [0.1, 0.15) is 74.5 Å². The van der Waals surface area contributed by atoms with Crippen LogP contribution in [-0.4, -0.2) is 15.9 Å². The fraction of sp³-hybridized carbons (Fsp3) is 0.240. The largest absolute Gasteiger partial charge is 0.512 e. The highest BCUT2D eigenvalue weighted by atomic mass is 16.3. The Bertz CT molecular complexity index is 2550. The maximum atomic E-state index is 12.1. The van der Waals surface area contributed by atoms with Crippen molar-refractivity contribution in [2.75, 3.05) is 9.80 Å². The van der Waals surface area contributed by atoms with Crippen LogP contribution in [0.15, 0.2) is 167 Å². The highest BCUT2D eigenvalue weighted by molar-refractivity contribution is 6.05. The zero-order chi connectivity index (χ0) is 36.1. The summed E-state index contributed by atoms with van der Waals surface area (Å²) in [6.45, 7) is 2.24. The lowest BCUT2D eigenvalue weighted by Gasteiger charge is -2.42. The number of aliphatic hydroxyl groups is 2. The summed E-state index contributed by atoms with van der Waals surface area (Å²) in [5, 5.41) is 26.3. The number of aliphatic hydroxyl groups excluding tert-OH is 2. The number of anilines is 3. The summed E-state index contributed by atoms with van der Waals surface area (Å²) < 4.78 is 0. The first-order chi connectivity index (χ1) is 26.5. The van der Waals surface area contributed by atoms with Gasteiger partial charge in [0.05, 0.1) is 17.1 Å². The maximum Gasteiger partial charge on any atom is 0.122 e. The van der Waals surface area contributed by atoms with Gasteiger partial charge in [0, 0.05) is 40.3 Å². The molecule has 266 valence electrons. The molecule has 7 aliphatic rings. The van der Waals surface area contributed by atoms with E-state index in [0.717, 1.165) is 66.3 Å². The van der Waals surface area contributed by atoms with Crippen molar-refractivity contribution < 1.29 is 10.2 Å². The van der Waals surface area contributed by atoms with Gasteiger partial charge >= 0.3 is 0 Å². The molecule has 0 saturated heterocycles. The molecular formula is C50H44N2O2. The van der Waals surface area contributed by atoms with Crippen molar-refractivity contribution in [2.24, 2.45) is 11.8 Å². The van der Waals surface area contributed by atoms with Gasteiger partial charge in [0.15, 0.2) is 0 Å². The summed E-state index contributed by atoms with van der Waals surface area (Å²) >= 11 is 0. The number of para-hydroxylation sites is 2. The van der Waals surface area contributed by atoms with Crippen LogP contribution < -0.4 is 9.80 Å². The minimum atomic E-state index is -0.317. The van der Waals surface area contributed by atoms with Gasteiger partial charge in [0.25, 0.3) is 0 Å². The van der Waals surface area contributed by atoms with E-state index in [-0.39, 0.29) is 17.5 Å². The molecule has 3 unspecified atom stereocenters. The van der Waals surface area contributed by atoms with Crippen LogP contribution >= 0.6 is 0 Å². The minimum Gasteiger partial charge on any atom is -0.512 e. The molecule has 1 heterocycles. The van der Waals surface area contributed by atoms with Crippen LogP contribution in [0.3, 0.4) is 0 Å². The van der Waals surface area contributed by atoms with Crippen molar-refractivity contribution >= 4 is 39.0 Å². The molecule has 3 atom stereocenters. The molecule has 4 heteroatoms. The van der Waals surface area contributed by atoms with E-state index in [0.29, 0.717) is 23.9 Å². The third-order valence-electron chi connectivity index (χ3n) is 13.2. The molecular weight excluding hydrogens is 661 g/mol. The summed E-state index contributed by atoms with van der Waals surface area (Å²) in [5.74, 6) is 1.63. The lowest BCUT2D eigenvalue weighted by molar-refractivity contribution is 0.376. The predicted molar refractivity (Wildman–Crippen MR) is 222 cm³/mol. The van der Waals surface area contributed by atoms with Crippen molar-refractivity contribution in [1.82, 2.24) is 0 Å². The first kappa shape index (κ1) is 31.8. The third kappa shape index (κ3) is 4.49.